The Labute approximate surface area is 107 Å². The number of rotatable bonds is 4. The zero-order chi connectivity index (χ0) is 13.2. The number of nitrogens with zero attached hydrogens (tertiary/aromatic N) is 2. The topological polar surface area (TPSA) is 76.6 Å². The Morgan fingerprint density at radius 3 is 2.50 bits per heavy atom. The minimum absolute atomic E-state index is 0.181. The Bertz CT molecular complexity index is 489. The summed E-state index contributed by atoms with van der Waals surface area (Å²) < 4.78 is 26.1. The standard InChI is InChI=1S/C11H19N3O3S/c1-2-13-3-5-14(6-4-13)18(16,17)11-7-10(9-15)12-8-11/h7-8,12,15H,2-6,9H2,1H3. The second-order valence-electron chi connectivity index (χ2n) is 4.36. The van der Waals surface area contributed by atoms with Gasteiger partial charge < -0.3 is 15.0 Å². The number of hydrogen-bond acceptors (Lipinski definition) is 4. The SMILES string of the molecule is CCN1CCN(S(=O)(=O)c2c[nH]c(CO)c2)CC1. The minimum Gasteiger partial charge on any atom is -0.390 e. The van der Waals surface area contributed by atoms with E-state index in [1.165, 1.54) is 16.6 Å². The van der Waals surface area contributed by atoms with Gasteiger partial charge in [-0.1, -0.05) is 6.92 Å². The first-order valence-electron chi connectivity index (χ1n) is 6.08. The van der Waals surface area contributed by atoms with E-state index >= 15 is 0 Å². The molecule has 0 aromatic carbocycles. The number of aromatic nitrogens is 1. The van der Waals surface area contributed by atoms with Crippen molar-refractivity contribution >= 4 is 10.0 Å². The molecular weight excluding hydrogens is 254 g/mol. The lowest BCUT2D eigenvalue weighted by molar-refractivity contribution is 0.196. The molecular formula is C11H19N3O3S. The molecule has 102 valence electrons. The Morgan fingerprint density at radius 1 is 1.33 bits per heavy atom. The largest absolute Gasteiger partial charge is 0.390 e. The van der Waals surface area contributed by atoms with E-state index in [0.717, 1.165) is 19.6 Å². The normalized spacial score (nSPS) is 19.2. The maximum absolute atomic E-state index is 12.3. The lowest BCUT2D eigenvalue weighted by Crippen LogP contribution is -2.48. The van der Waals surface area contributed by atoms with Crippen molar-refractivity contribution in [1.29, 1.82) is 0 Å². The van der Waals surface area contributed by atoms with E-state index < -0.39 is 10.0 Å². The fourth-order valence-electron chi connectivity index (χ4n) is 2.09. The number of sulfonamides is 1. The summed E-state index contributed by atoms with van der Waals surface area (Å²) in [4.78, 5) is 5.21. The lowest BCUT2D eigenvalue weighted by atomic mass is 10.4. The first-order valence-corrected chi connectivity index (χ1v) is 7.52. The third-order valence-electron chi connectivity index (χ3n) is 3.30. The second kappa shape index (κ2) is 5.40. The molecule has 2 rings (SSSR count). The van der Waals surface area contributed by atoms with E-state index in [4.69, 9.17) is 5.11 Å². The van der Waals surface area contributed by atoms with Gasteiger partial charge in [0.2, 0.25) is 10.0 Å². The Balaban J connectivity index is 2.12. The maximum Gasteiger partial charge on any atom is 0.244 e. The van der Waals surface area contributed by atoms with Crippen molar-refractivity contribution < 1.29 is 13.5 Å². The van der Waals surface area contributed by atoms with Crippen molar-refractivity contribution in [2.75, 3.05) is 32.7 Å². The third-order valence-corrected chi connectivity index (χ3v) is 5.18. The fraction of sp³-hybridized carbons (Fsp3) is 0.636. The molecule has 1 aromatic heterocycles. The zero-order valence-corrected chi connectivity index (χ0v) is 11.3. The molecule has 0 spiro atoms. The van der Waals surface area contributed by atoms with Crippen LogP contribution in [0, 0.1) is 0 Å². The highest BCUT2D eigenvalue weighted by atomic mass is 32.2. The van der Waals surface area contributed by atoms with Crippen molar-refractivity contribution in [1.82, 2.24) is 14.2 Å². The van der Waals surface area contributed by atoms with Crippen LogP contribution < -0.4 is 0 Å². The van der Waals surface area contributed by atoms with Crippen LogP contribution in [0.3, 0.4) is 0 Å². The van der Waals surface area contributed by atoms with Crippen LogP contribution in [0.15, 0.2) is 17.2 Å². The molecule has 2 heterocycles. The van der Waals surface area contributed by atoms with Crippen LogP contribution in [0.1, 0.15) is 12.6 Å². The van der Waals surface area contributed by atoms with Gasteiger partial charge in [0, 0.05) is 38.1 Å². The minimum atomic E-state index is -3.42. The second-order valence-corrected chi connectivity index (χ2v) is 6.30. The van der Waals surface area contributed by atoms with Crippen LogP contribution in [0.2, 0.25) is 0 Å². The van der Waals surface area contributed by atoms with Gasteiger partial charge in [-0.3, -0.25) is 0 Å². The van der Waals surface area contributed by atoms with Crippen molar-refractivity contribution in [3.8, 4) is 0 Å². The molecule has 2 N–H and O–H groups in total. The highest BCUT2D eigenvalue weighted by Crippen LogP contribution is 2.18. The number of aliphatic hydroxyl groups excluding tert-OH is 1. The number of nitrogens with one attached hydrogen (secondary N) is 1. The summed E-state index contributed by atoms with van der Waals surface area (Å²) >= 11 is 0. The van der Waals surface area contributed by atoms with Gasteiger partial charge in [0.05, 0.1) is 11.5 Å². The molecule has 0 saturated carbocycles. The number of hydrogen-bond donors (Lipinski definition) is 2. The van der Waals surface area contributed by atoms with E-state index in [1.54, 1.807) is 0 Å². The van der Waals surface area contributed by atoms with Gasteiger partial charge in [-0.15, -0.1) is 0 Å². The van der Waals surface area contributed by atoms with Crippen LogP contribution >= 0.6 is 0 Å². The van der Waals surface area contributed by atoms with E-state index in [0.29, 0.717) is 18.8 Å². The predicted octanol–water partition coefficient (Wildman–Crippen LogP) is -0.167. The first-order chi connectivity index (χ1) is 8.57. The fourth-order valence-corrected chi connectivity index (χ4v) is 3.54. The summed E-state index contributed by atoms with van der Waals surface area (Å²) in [7, 11) is -3.42. The molecule has 1 aliphatic heterocycles. The molecule has 1 aromatic rings. The lowest BCUT2D eigenvalue weighted by Gasteiger charge is -2.32. The summed E-state index contributed by atoms with van der Waals surface area (Å²) in [5, 5.41) is 8.95. The van der Waals surface area contributed by atoms with E-state index in [1.807, 2.05) is 0 Å². The molecule has 0 amide bonds. The molecule has 0 bridgehead atoms. The van der Waals surface area contributed by atoms with Crippen molar-refractivity contribution in [2.24, 2.45) is 0 Å². The van der Waals surface area contributed by atoms with Crippen LogP contribution in [-0.2, 0) is 16.6 Å². The van der Waals surface area contributed by atoms with Crippen molar-refractivity contribution in [2.45, 2.75) is 18.4 Å². The predicted molar refractivity (Wildman–Crippen MR) is 67.6 cm³/mol. The molecule has 6 nitrogen and oxygen atoms in total. The summed E-state index contributed by atoms with van der Waals surface area (Å²) in [6.45, 7) is 5.43. The average molecular weight is 273 g/mol. The Kier molecular flexibility index (Phi) is 4.06. The van der Waals surface area contributed by atoms with Crippen LogP contribution in [-0.4, -0.2) is 60.4 Å². The average Bonchev–Trinajstić information content (AvgIpc) is 2.88. The Morgan fingerprint density at radius 2 is 2.00 bits per heavy atom. The van der Waals surface area contributed by atoms with Crippen molar-refractivity contribution in [3.63, 3.8) is 0 Å². The van der Waals surface area contributed by atoms with E-state index in [-0.39, 0.29) is 11.5 Å². The van der Waals surface area contributed by atoms with Gasteiger partial charge in [-0.25, -0.2) is 8.42 Å². The van der Waals surface area contributed by atoms with Gasteiger partial charge in [-0.2, -0.15) is 4.31 Å². The number of aromatic amines is 1. The van der Waals surface area contributed by atoms with Crippen molar-refractivity contribution in [3.05, 3.63) is 18.0 Å². The third kappa shape index (κ3) is 2.59. The van der Waals surface area contributed by atoms with E-state index in [2.05, 4.69) is 16.8 Å². The molecule has 18 heavy (non-hydrogen) atoms. The van der Waals surface area contributed by atoms with Gasteiger partial charge in [0.25, 0.3) is 0 Å². The summed E-state index contributed by atoms with van der Waals surface area (Å²) in [5.74, 6) is 0. The highest BCUT2D eigenvalue weighted by molar-refractivity contribution is 7.89. The van der Waals surface area contributed by atoms with E-state index in [9.17, 15) is 8.42 Å². The summed E-state index contributed by atoms with van der Waals surface area (Å²) in [6, 6.07) is 1.49. The van der Waals surface area contributed by atoms with Gasteiger partial charge >= 0.3 is 0 Å². The van der Waals surface area contributed by atoms with Crippen LogP contribution in [0.25, 0.3) is 0 Å². The summed E-state index contributed by atoms with van der Waals surface area (Å²) in [6.07, 6.45) is 1.44. The number of likely N-dealkylation sites (N-methyl/N-ethyl adjacent to an activating group) is 1. The number of aliphatic hydroxyl groups is 1. The molecule has 1 fully saturated rings. The van der Waals surface area contributed by atoms with Crippen LogP contribution in [0.5, 0.6) is 0 Å². The summed E-state index contributed by atoms with van der Waals surface area (Å²) in [5.41, 5.74) is 0.515. The number of piperazine rings is 1. The first kappa shape index (κ1) is 13.5. The zero-order valence-electron chi connectivity index (χ0n) is 10.5. The molecule has 0 unspecified atom stereocenters. The van der Waals surface area contributed by atoms with Gasteiger partial charge in [-0.05, 0) is 12.6 Å². The number of H-pyrrole nitrogens is 1. The Hall–Kier alpha value is -0.890. The van der Waals surface area contributed by atoms with Crippen LogP contribution in [0.4, 0.5) is 0 Å². The quantitative estimate of drug-likeness (QED) is 0.799. The van der Waals surface area contributed by atoms with Gasteiger partial charge in [0.15, 0.2) is 0 Å². The molecule has 1 aliphatic rings. The van der Waals surface area contributed by atoms with Gasteiger partial charge in [0.1, 0.15) is 0 Å². The monoisotopic (exact) mass is 273 g/mol. The molecule has 0 aliphatic carbocycles. The molecule has 0 radical (unpaired) electrons. The molecule has 1 saturated heterocycles. The maximum atomic E-state index is 12.3. The smallest absolute Gasteiger partial charge is 0.244 e. The molecule has 7 heteroatoms. The molecule has 0 atom stereocenters. The highest BCUT2D eigenvalue weighted by Gasteiger charge is 2.28.